The second-order valence-electron chi connectivity index (χ2n) is 3.99. The predicted octanol–water partition coefficient (Wildman–Crippen LogP) is -2.94. The smallest absolute Gasteiger partial charge is 0.335 e. The molecule has 10 heteroatoms. The molecule has 0 spiro atoms. The molecule has 0 saturated carbocycles. The number of aliphatic hydroxyl groups is 2. The first-order chi connectivity index (χ1) is 8.59. The third-order valence-corrected chi connectivity index (χ3v) is 2.42. The van der Waals surface area contributed by atoms with Gasteiger partial charge in [-0.2, -0.15) is 0 Å². The molecule has 1 fully saturated rings. The molecule has 0 aliphatic carbocycles. The maximum Gasteiger partial charge on any atom is 0.335 e. The summed E-state index contributed by atoms with van der Waals surface area (Å²) in [6.07, 6.45) is -4.53. The fourth-order valence-electron chi connectivity index (χ4n) is 1.16. The van der Waals surface area contributed by atoms with E-state index in [0.29, 0.717) is 11.6 Å². The fraction of sp³-hybridized carbons (Fsp3) is 0.667. The lowest BCUT2D eigenvalue weighted by Crippen LogP contribution is -2.39. The molecule has 19 heavy (non-hydrogen) atoms. The van der Waals surface area contributed by atoms with Gasteiger partial charge in [0.15, 0.2) is 12.2 Å². The highest BCUT2D eigenvalue weighted by Crippen LogP contribution is 2.12. The van der Waals surface area contributed by atoms with Gasteiger partial charge in [0, 0.05) is 5.92 Å². The average Bonchev–Trinajstić information content (AvgIpc) is 2.55. The number of hydrogen-bond acceptors (Lipinski definition) is 7. The van der Waals surface area contributed by atoms with Gasteiger partial charge >= 0.3 is 11.9 Å². The molecule has 1 aliphatic rings. The van der Waals surface area contributed by atoms with E-state index in [2.05, 4.69) is 0 Å². The van der Waals surface area contributed by atoms with Crippen LogP contribution in [0.5, 0.6) is 0 Å². The average molecular weight is 280 g/mol. The molecule has 4 atom stereocenters. The van der Waals surface area contributed by atoms with Crippen molar-refractivity contribution < 1.29 is 40.0 Å². The number of nitrogens with zero attached hydrogens (tertiary/aromatic N) is 1. The van der Waals surface area contributed by atoms with Gasteiger partial charge in [-0.3, -0.25) is 10.0 Å². The van der Waals surface area contributed by atoms with E-state index in [1.165, 1.54) is 0 Å². The summed E-state index contributed by atoms with van der Waals surface area (Å²) in [6.45, 7) is 2.19. The van der Waals surface area contributed by atoms with Crippen LogP contribution in [0.4, 0.5) is 0 Å². The van der Waals surface area contributed by atoms with Crippen molar-refractivity contribution in [3.8, 4) is 0 Å². The predicted molar refractivity (Wildman–Crippen MR) is 57.9 cm³/mol. The molecule has 7 N–H and O–H groups in total. The Hall–Kier alpha value is -1.75. The number of carbonyl (C=O) groups excluding carboxylic acids is 1. The van der Waals surface area contributed by atoms with Crippen LogP contribution in [0.25, 0.3) is 0 Å². The number of hydroxylamine groups is 2. The van der Waals surface area contributed by atoms with E-state index in [9.17, 15) is 14.4 Å². The zero-order valence-electron chi connectivity index (χ0n) is 10.0. The minimum Gasteiger partial charge on any atom is -0.479 e. The van der Waals surface area contributed by atoms with E-state index in [1.807, 2.05) is 6.92 Å². The Bertz CT molecular complexity index is 342. The maximum atomic E-state index is 10.7. The quantitative estimate of drug-likeness (QED) is 0.294. The summed E-state index contributed by atoms with van der Waals surface area (Å²) in [6, 6.07) is -0.505. The van der Waals surface area contributed by atoms with Gasteiger partial charge in [0.25, 0.3) is 5.91 Å². The second kappa shape index (κ2) is 6.99. The number of aliphatic hydroxyl groups excluding tert-OH is 2. The summed E-state index contributed by atoms with van der Waals surface area (Å²) in [5.41, 5.74) is 5.36. The Morgan fingerprint density at radius 1 is 1.26 bits per heavy atom. The van der Waals surface area contributed by atoms with Gasteiger partial charge in [-0.25, -0.2) is 14.7 Å². The van der Waals surface area contributed by atoms with Crippen LogP contribution in [-0.2, 0) is 14.4 Å². The van der Waals surface area contributed by atoms with E-state index >= 15 is 0 Å². The van der Waals surface area contributed by atoms with Crippen molar-refractivity contribution in [3.05, 3.63) is 0 Å². The highest BCUT2D eigenvalue weighted by Gasteiger charge is 2.34. The van der Waals surface area contributed by atoms with Gasteiger partial charge < -0.3 is 26.2 Å². The van der Waals surface area contributed by atoms with Gasteiger partial charge in [0.1, 0.15) is 0 Å². The first-order valence-electron chi connectivity index (χ1n) is 5.17. The molecule has 110 valence electrons. The van der Waals surface area contributed by atoms with E-state index in [0.717, 1.165) is 0 Å². The number of amides is 1. The van der Waals surface area contributed by atoms with Crippen LogP contribution in [0.15, 0.2) is 0 Å². The third kappa shape index (κ3) is 4.79. The van der Waals surface area contributed by atoms with Gasteiger partial charge in [-0.15, -0.1) is 0 Å². The molecule has 1 amide bonds. The van der Waals surface area contributed by atoms with E-state index < -0.39 is 30.2 Å². The molecule has 1 aliphatic heterocycles. The molecule has 0 radical (unpaired) electrons. The van der Waals surface area contributed by atoms with Crippen LogP contribution in [-0.4, -0.2) is 73.3 Å². The highest BCUT2D eigenvalue weighted by molar-refractivity contribution is 5.83. The molecule has 0 unspecified atom stereocenters. The summed E-state index contributed by atoms with van der Waals surface area (Å²) >= 11 is 0. The first-order valence-corrected chi connectivity index (χ1v) is 5.17. The zero-order chi connectivity index (χ0) is 15.3. The van der Waals surface area contributed by atoms with Gasteiger partial charge in [-0.1, -0.05) is 6.92 Å². The standard InChI is InChI=1S/C5H10N2O2.C4H6O6/c1-3-2-7(9)5(8)4(3)6;5-1(3(7)8)2(6)4(9)10/h3-4,9H,2,6H2,1H3;1-2,5-6H,(H,7,8)(H,9,10)/t3-,4-;1-,2-/m10/s1. The van der Waals surface area contributed by atoms with E-state index in [-0.39, 0.29) is 11.8 Å². The van der Waals surface area contributed by atoms with Crippen LogP contribution in [0.3, 0.4) is 0 Å². The normalized spacial score (nSPS) is 25.3. The zero-order valence-corrected chi connectivity index (χ0v) is 10.0. The molecule has 10 nitrogen and oxygen atoms in total. The molecular weight excluding hydrogens is 264 g/mol. The molecule has 0 aromatic carbocycles. The third-order valence-electron chi connectivity index (χ3n) is 2.42. The van der Waals surface area contributed by atoms with Crippen LogP contribution >= 0.6 is 0 Å². The summed E-state index contributed by atoms with van der Waals surface area (Å²) in [5.74, 6) is -3.84. The lowest BCUT2D eigenvalue weighted by Gasteiger charge is -2.07. The fourth-order valence-corrected chi connectivity index (χ4v) is 1.16. The summed E-state index contributed by atoms with van der Waals surface area (Å²) in [4.78, 5) is 30.2. The van der Waals surface area contributed by atoms with Crippen molar-refractivity contribution in [1.82, 2.24) is 5.06 Å². The largest absolute Gasteiger partial charge is 0.479 e. The Kier molecular flexibility index (Phi) is 6.35. The molecule has 0 bridgehead atoms. The number of carbonyl (C=O) groups is 3. The number of rotatable bonds is 3. The number of hydrogen-bond donors (Lipinski definition) is 6. The maximum absolute atomic E-state index is 10.7. The van der Waals surface area contributed by atoms with Crippen LogP contribution in [0, 0.1) is 5.92 Å². The Morgan fingerprint density at radius 3 is 1.74 bits per heavy atom. The monoisotopic (exact) mass is 280 g/mol. The number of nitrogens with two attached hydrogens (primary N) is 1. The lowest BCUT2D eigenvalue weighted by molar-refractivity contribution is -0.165. The lowest BCUT2D eigenvalue weighted by atomic mass is 10.1. The molecule has 1 saturated heterocycles. The van der Waals surface area contributed by atoms with Crippen LogP contribution in [0.1, 0.15) is 6.92 Å². The second-order valence-corrected chi connectivity index (χ2v) is 3.99. The van der Waals surface area contributed by atoms with E-state index in [1.54, 1.807) is 0 Å². The minimum absolute atomic E-state index is 0.0718. The number of carboxylic acid groups (broad SMARTS) is 2. The summed E-state index contributed by atoms with van der Waals surface area (Å²) < 4.78 is 0. The summed E-state index contributed by atoms with van der Waals surface area (Å²) in [7, 11) is 0. The summed E-state index contributed by atoms with van der Waals surface area (Å²) in [5, 5.41) is 41.9. The molecule has 1 rings (SSSR count). The SMILES string of the molecule is C[C@@H]1CN(O)C(=O)[C@@H]1N.O=C(O)[C@@H](O)[C@H](O)C(=O)O. The van der Waals surface area contributed by atoms with Gasteiger partial charge in [0.2, 0.25) is 0 Å². The van der Waals surface area contributed by atoms with Crippen LogP contribution in [0.2, 0.25) is 0 Å². The van der Waals surface area contributed by atoms with Gasteiger partial charge in [-0.05, 0) is 0 Å². The van der Waals surface area contributed by atoms with Gasteiger partial charge in [0.05, 0.1) is 12.6 Å². The molecular formula is C9H16N2O8. The van der Waals surface area contributed by atoms with Crippen LogP contribution < -0.4 is 5.73 Å². The highest BCUT2D eigenvalue weighted by atomic mass is 16.5. The van der Waals surface area contributed by atoms with Crippen molar-refractivity contribution in [1.29, 1.82) is 0 Å². The topological polar surface area (TPSA) is 182 Å². The van der Waals surface area contributed by atoms with Crippen molar-refractivity contribution in [2.24, 2.45) is 11.7 Å². The Balaban J connectivity index is 0.000000342. The molecule has 0 aromatic heterocycles. The Labute approximate surface area is 107 Å². The molecule has 0 aromatic rings. The minimum atomic E-state index is -2.27. The Morgan fingerprint density at radius 2 is 1.63 bits per heavy atom. The number of aliphatic carboxylic acids is 2. The van der Waals surface area contributed by atoms with Crippen molar-refractivity contribution in [2.75, 3.05) is 6.54 Å². The molecule has 1 heterocycles. The number of carboxylic acids is 2. The van der Waals surface area contributed by atoms with Crippen molar-refractivity contribution in [2.45, 2.75) is 25.2 Å². The van der Waals surface area contributed by atoms with Crippen molar-refractivity contribution in [3.63, 3.8) is 0 Å². The van der Waals surface area contributed by atoms with Crippen molar-refractivity contribution >= 4 is 17.8 Å². The first kappa shape index (κ1) is 17.2. The van der Waals surface area contributed by atoms with E-state index in [4.69, 9.17) is 31.4 Å².